The fourth-order valence-corrected chi connectivity index (χ4v) is 0.771. The van der Waals surface area contributed by atoms with Crippen LogP contribution in [0.3, 0.4) is 0 Å². The number of nitrogens with zero attached hydrogens (tertiary/aromatic N) is 1. The Morgan fingerprint density at radius 1 is 1.27 bits per heavy atom. The summed E-state index contributed by atoms with van der Waals surface area (Å²) in [6.07, 6.45) is 0. The van der Waals surface area contributed by atoms with Crippen molar-refractivity contribution in [3.05, 3.63) is 23.3 Å². The van der Waals surface area contributed by atoms with Crippen LogP contribution in [0.5, 0.6) is 11.5 Å². The van der Waals surface area contributed by atoms with Gasteiger partial charge in [0, 0.05) is 6.07 Å². The average Bonchev–Trinajstić information content (AvgIpc) is 1.97. The van der Waals surface area contributed by atoms with Gasteiger partial charge < -0.3 is 10.2 Å². The lowest BCUT2D eigenvalue weighted by atomic mass is 10.1. The predicted molar refractivity (Wildman–Crippen MR) is 39.2 cm³/mol. The Hall–Kier alpha value is -1.69. The van der Waals surface area contributed by atoms with Crippen molar-refractivity contribution >= 4 is 0 Å². The monoisotopic (exact) mass is 149 g/mol. The molecule has 0 aromatic heterocycles. The van der Waals surface area contributed by atoms with Gasteiger partial charge in [-0.3, -0.25) is 0 Å². The van der Waals surface area contributed by atoms with Crippen LogP contribution in [0.15, 0.2) is 12.1 Å². The zero-order chi connectivity index (χ0) is 8.43. The maximum Gasteiger partial charge on any atom is 0.133 e. The van der Waals surface area contributed by atoms with Crippen molar-refractivity contribution < 1.29 is 10.2 Å². The van der Waals surface area contributed by atoms with E-state index in [-0.39, 0.29) is 17.1 Å². The summed E-state index contributed by atoms with van der Waals surface area (Å²) < 4.78 is 0. The van der Waals surface area contributed by atoms with Crippen molar-refractivity contribution in [2.24, 2.45) is 0 Å². The first-order valence-electron chi connectivity index (χ1n) is 3.08. The van der Waals surface area contributed by atoms with Gasteiger partial charge in [-0.2, -0.15) is 5.26 Å². The molecule has 0 radical (unpaired) electrons. The average molecular weight is 149 g/mol. The van der Waals surface area contributed by atoms with Gasteiger partial charge in [-0.05, 0) is 18.6 Å². The van der Waals surface area contributed by atoms with Gasteiger partial charge in [0.2, 0.25) is 0 Å². The third-order valence-corrected chi connectivity index (χ3v) is 1.43. The Morgan fingerprint density at radius 2 is 1.91 bits per heavy atom. The molecule has 0 aliphatic carbocycles. The molecule has 0 amide bonds. The highest BCUT2D eigenvalue weighted by Gasteiger charge is 2.03. The zero-order valence-corrected chi connectivity index (χ0v) is 6.00. The van der Waals surface area contributed by atoms with E-state index in [1.165, 1.54) is 12.1 Å². The molecule has 0 bridgehead atoms. The first-order chi connectivity index (χ1) is 5.15. The lowest BCUT2D eigenvalue weighted by Crippen LogP contribution is -1.79. The number of hydrogen-bond donors (Lipinski definition) is 2. The second-order valence-corrected chi connectivity index (χ2v) is 2.27. The van der Waals surface area contributed by atoms with E-state index in [0.29, 0.717) is 5.56 Å². The van der Waals surface area contributed by atoms with Gasteiger partial charge in [0.05, 0.1) is 5.56 Å². The Kier molecular flexibility index (Phi) is 1.69. The van der Waals surface area contributed by atoms with Crippen LogP contribution in [0.25, 0.3) is 0 Å². The molecule has 1 aromatic rings. The lowest BCUT2D eigenvalue weighted by Gasteiger charge is -1.99. The quantitative estimate of drug-likeness (QED) is 0.546. The number of phenols is 2. The number of rotatable bonds is 0. The topological polar surface area (TPSA) is 64.2 Å². The smallest absolute Gasteiger partial charge is 0.133 e. The van der Waals surface area contributed by atoms with Gasteiger partial charge in [-0.15, -0.1) is 0 Å². The van der Waals surface area contributed by atoms with E-state index in [0.717, 1.165) is 0 Å². The molecule has 1 rings (SSSR count). The van der Waals surface area contributed by atoms with Gasteiger partial charge in [0.25, 0.3) is 0 Å². The van der Waals surface area contributed by atoms with E-state index in [4.69, 9.17) is 15.5 Å². The fourth-order valence-electron chi connectivity index (χ4n) is 0.771. The van der Waals surface area contributed by atoms with Crippen molar-refractivity contribution in [3.8, 4) is 17.6 Å². The molecule has 2 N–H and O–H groups in total. The normalized spacial score (nSPS) is 9.09. The minimum absolute atomic E-state index is 0.0272. The van der Waals surface area contributed by atoms with Gasteiger partial charge in [-0.1, -0.05) is 0 Å². The Labute approximate surface area is 64.1 Å². The van der Waals surface area contributed by atoms with Crippen LogP contribution in [0.2, 0.25) is 0 Å². The van der Waals surface area contributed by atoms with Gasteiger partial charge in [-0.25, -0.2) is 0 Å². The molecule has 1 aromatic carbocycles. The van der Waals surface area contributed by atoms with E-state index >= 15 is 0 Å². The highest BCUT2D eigenvalue weighted by Crippen LogP contribution is 2.25. The molecule has 0 heterocycles. The molecular weight excluding hydrogens is 142 g/mol. The van der Waals surface area contributed by atoms with Crippen LogP contribution >= 0.6 is 0 Å². The van der Waals surface area contributed by atoms with Crippen molar-refractivity contribution in [2.45, 2.75) is 6.92 Å². The minimum Gasteiger partial charge on any atom is -0.508 e. The molecule has 0 saturated carbocycles. The first kappa shape index (κ1) is 7.42. The number of aromatic hydroxyl groups is 2. The molecule has 0 spiro atoms. The van der Waals surface area contributed by atoms with E-state index in [1.807, 2.05) is 0 Å². The summed E-state index contributed by atoms with van der Waals surface area (Å²) in [5.74, 6) is -0.0675. The van der Waals surface area contributed by atoms with E-state index < -0.39 is 0 Å². The highest BCUT2D eigenvalue weighted by atomic mass is 16.3. The molecule has 0 unspecified atom stereocenters. The molecular formula is C8H7NO2. The lowest BCUT2D eigenvalue weighted by molar-refractivity contribution is 0.455. The second kappa shape index (κ2) is 2.51. The molecule has 0 atom stereocenters. The SMILES string of the molecule is Cc1cc(O)c(C#N)cc1O. The Morgan fingerprint density at radius 3 is 2.45 bits per heavy atom. The van der Waals surface area contributed by atoms with Crippen LogP contribution in [-0.2, 0) is 0 Å². The summed E-state index contributed by atoms with van der Waals surface area (Å²) in [6.45, 7) is 1.65. The number of hydrogen-bond acceptors (Lipinski definition) is 3. The van der Waals surface area contributed by atoms with Crippen LogP contribution in [-0.4, -0.2) is 10.2 Å². The van der Waals surface area contributed by atoms with Crippen molar-refractivity contribution in [3.63, 3.8) is 0 Å². The number of phenolic OH excluding ortho intramolecular Hbond substituents is 2. The Bertz CT molecular complexity index is 326. The first-order valence-corrected chi connectivity index (χ1v) is 3.08. The highest BCUT2D eigenvalue weighted by molar-refractivity contribution is 5.50. The minimum atomic E-state index is -0.0946. The van der Waals surface area contributed by atoms with Crippen molar-refractivity contribution in [2.75, 3.05) is 0 Å². The molecule has 0 aliphatic rings. The summed E-state index contributed by atoms with van der Waals surface area (Å²) in [5.41, 5.74) is 0.648. The largest absolute Gasteiger partial charge is 0.508 e. The number of aryl methyl sites for hydroxylation is 1. The molecule has 56 valence electrons. The van der Waals surface area contributed by atoms with Gasteiger partial charge in [0.1, 0.15) is 17.6 Å². The van der Waals surface area contributed by atoms with Crippen molar-refractivity contribution in [1.29, 1.82) is 5.26 Å². The molecule has 3 nitrogen and oxygen atoms in total. The van der Waals surface area contributed by atoms with Crippen LogP contribution in [0.4, 0.5) is 0 Å². The van der Waals surface area contributed by atoms with Gasteiger partial charge in [0.15, 0.2) is 0 Å². The molecule has 3 heteroatoms. The number of nitriles is 1. The third-order valence-electron chi connectivity index (χ3n) is 1.43. The summed E-state index contributed by atoms with van der Waals surface area (Å²) in [4.78, 5) is 0. The second-order valence-electron chi connectivity index (χ2n) is 2.27. The predicted octanol–water partition coefficient (Wildman–Crippen LogP) is 1.28. The van der Waals surface area contributed by atoms with Crippen LogP contribution in [0, 0.1) is 18.3 Å². The molecule has 0 saturated heterocycles. The molecule has 0 fully saturated rings. The van der Waals surface area contributed by atoms with E-state index in [9.17, 15) is 0 Å². The summed E-state index contributed by atoms with van der Waals surface area (Å²) >= 11 is 0. The zero-order valence-electron chi connectivity index (χ0n) is 6.00. The molecule has 0 aliphatic heterocycles. The third kappa shape index (κ3) is 1.24. The maximum absolute atomic E-state index is 9.09. The number of benzene rings is 1. The fraction of sp³-hybridized carbons (Fsp3) is 0.125. The summed E-state index contributed by atoms with van der Waals surface area (Å²) in [5, 5.41) is 26.6. The van der Waals surface area contributed by atoms with Crippen molar-refractivity contribution in [1.82, 2.24) is 0 Å². The van der Waals surface area contributed by atoms with Gasteiger partial charge >= 0.3 is 0 Å². The van der Waals surface area contributed by atoms with E-state index in [2.05, 4.69) is 0 Å². The maximum atomic E-state index is 9.09. The summed E-state index contributed by atoms with van der Waals surface area (Å²) in [6, 6.07) is 4.35. The molecule has 11 heavy (non-hydrogen) atoms. The van der Waals surface area contributed by atoms with E-state index in [1.54, 1.807) is 13.0 Å². The standard InChI is InChI=1S/C8H7NO2/c1-5-2-8(11)6(4-9)3-7(5)10/h2-3,10-11H,1H3. The van der Waals surface area contributed by atoms with Crippen LogP contribution in [0.1, 0.15) is 11.1 Å². The Balaban J connectivity index is 3.35. The van der Waals surface area contributed by atoms with Crippen LogP contribution < -0.4 is 0 Å². The summed E-state index contributed by atoms with van der Waals surface area (Å²) in [7, 11) is 0.